The number of hydrogen-bond acceptors (Lipinski definition) is 6. The maximum Gasteiger partial charge on any atom is 0.343 e. The Balaban J connectivity index is 1.69. The number of nitrogens with zero attached hydrogens (tertiary/aromatic N) is 1. The summed E-state index contributed by atoms with van der Waals surface area (Å²) in [5.74, 6) is -2.73. The van der Waals surface area contributed by atoms with Crippen molar-refractivity contribution in [3.05, 3.63) is 99.4 Å². The summed E-state index contributed by atoms with van der Waals surface area (Å²) in [4.78, 5) is 12.5. The van der Waals surface area contributed by atoms with E-state index in [-0.39, 0.29) is 39.1 Å². The maximum atomic E-state index is 14.5. The Morgan fingerprint density at radius 2 is 1.88 bits per heavy atom. The number of rotatable bonds is 4. The summed E-state index contributed by atoms with van der Waals surface area (Å²) in [6.07, 6.45) is 0. The zero-order chi connectivity index (χ0) is 23.7. The van der Waals surface area contributed by atoms with Crippen LogP contribution in [0.4, 0.5) is 8.78 Å². The Bertz CT molecular complexity index is 1350. The minimum atomic E-state index is -0.926. The van der Waals surface area contributed by atoms with Crippen molar-refractivity contribution in [1.29, 1.82) is 5.26 Å². The zero-order valence-electron chi connectivity index (χ0n) is 17.1. The van der Waals surface area contributed by atoms with Crippen molar-refractivity contribution < 1.29 is 27.8 Å². The van der Waals surface area contributed by atoms with E-state index in [4.69, 9.17) is 31.5 Å². The molecule has 3 aromatic carbocycles. The second-order valence-electron chi connectivity index (χ2n) is 7.03. The molecule has 1 aliphatic heterocycles. The molecule has 166 valence electrons. The lowest BCUT2D eigenvalue weighted by atomic mass is 9.83. The largest absolute Gasteiger partial charge is 0.495 e. The van der Waals surface area contributed by atoms with Gasteiger partial charge in [0.15, 0.2) is 0 Å². The van der Waals surface area contributed by atoms with Crippen molar-refractivity contribution in [2.24, 2.45) is 5.73 Å². The van der Waals surface area contributed by atoms with Crippen LogP contribution < -0.4 is 19.9 Å². The molecule has 0 aromatic heterocycles. The summed E-state index contributed by atoms with van der Waals surface area (Å²) >= 11 is 6.06. The molecule has 0 amide bonds. The fourth-order valence-electron chi connectivity index (χ4n) is 3.51. The first-order valence-corrected chi connectivity index (χ1v) is 9.92. The summed E-state index contributed by atoms with van der Waals surface area (Å²) in [5.41, 5.74) is 6.53. The summed E-state index contributed by atoms with van der Waals surface area (Å²) < 4.78 is 44.0. The van der Waals surface area contributed by atoms with E-state index in [1.54, 1.807) is 0 Å². The van der Waals surface area contributed by atoms with Crippen LogP contribution in [-0.4, -0.2) is 13.1 Å². The molecule has 2 N–H and O–H groups in total. The van der Waals surface area contributed by atoms with Gasteiger partial charge in [-0.3, -0.25) is 0 Å². The Kier molecular flexibility index (Phi) is 5.90. The number of methoxy groups -OCH3 is 1. The van der Waals surface area contributed by atoms with Gasteiger partial charge in [-0.05, 0) is 30.3 Å². The molecule has 33 heavy (non-hydrogen) atoms. The number of benzene rings is 3. The lowest BCUT2D eigenvalue weighted by Gasteiger charge is -2.27. The zero-order valence-corrected chi connectivity index (χ0v) is 17.8. The van der Waals surface area contributed by atoms with E-state index in [1.807, 2.05) is 6.07 Å². The Morgan fingerprint density at radius 3 is 2.55 bits per heavy atom. The Hall–Kier alpha value is -4.09. The molecule has 3 aromatic rings. The third kappa shape index (κ3) is 4.19. The predicted molar refractivity (Wildman–Crippen MR) is 115 cm³/mol. The summed E-state index contributed by atoms with van der Waals surface area (Å²) in [6.45, 7) is 0. The molecule has 0 saturated heterocycles. The first-order chi connectivity index (χ1) is 15.8. The highest BCUT2D eigenvalue weighted by Crippen LogP contribution is 2.44. The predicted octanol–water partition coefficient (Wildman–Crippen LogP) is 5.06. The molecule has 6 nitrogen and oxygen atoms in total. The summed E-state index contributed by atoms with van der Waals surface area (Å²) in [5, 5.41) is 9.81. The van der Waals surface area contributed by atoms with Gasteiger partial charge in [-0.2, -0.15) is 5.26 Å². The van der Waals surface area contributed by atoms with Crippen molar-refractivity contribution >= 4 is 17.6 Å². The van der Waals surface area contributed by atoms with Crippen LogP contribution in [-0.2, 0) is 0 Å². The quantitative estimate of drug-likeness (QED) is 0.424. The molecule has 0 spiro atoms. The number of ether oxygens (including phenoxy) is 3. The number of carbonyl (C=O) groups excluding carboxylic acids is 1. The SMILES string of the molecule is COc1ccc(C(=O)Oc2ccc3c(c2)OC(N)=C(C#N)[C@@H]3c2ccc(F)cc2F)cc1Cl. The van der Waals surface area contributed by atoms with Gasteiger partial charge < -0.3 is 19.9 Å². The summed E-state index contributed by atoms with van der Waals surface area (Å²) in [7, 11) is 1.45. The van der Waals surface area contributed by atoms with Crippen molar-refractivity contribution in [2.45, 2.75) is 5.92 Å². The molecule has 0 radical (unpaired) electrons. The normalized spacial score (nSPS) is 14.7. The minimum absolute atomic E-state index is 0.0226. The van der Waals surface area contributed by atoms with Gasteiger partial charge in [0.25, 0.3) is 0 Å². The third-order valence-electron chi connectivity index (χ3n) is 5.06. The van der Waals surface area contributed by atoms with Crippen LogP contribution in [0.1, 0.15) is 27.4 Å². The summed E-state index contributed by atoms with van der Waals surface area (Å²) in [6, 6.07) is 13.8. The Labute approximate surface area is 192 Å². The second kappa shape index (κ2) is 8.81. The second-order valence-corrected chi connectivity index (χ2v) is 7.44. The monoisotopic (exact) mass is 468 g/mol. The highest BCUT2D eigenvalue weighted by Gasteiger charge is 2.33. The first kappa shape index (κ1) is 22.1. The van der Waals surface area contributed by atoms with Crippen LogP contribution in [0.3, 0.4) is 0 Å². The van der Waals surface area contributed by atoms with Crippen molar-refractivity contribution in [3.63, 3.8) is 0 Å². The van der Waals surface area contributed by atoms with Gasteiger partial charge in [-0.25, -0.2) is 13.6 Å². The fraction of sp³-hybridized carbons (Fsp3) is 0.0833. The number of nitriles is 1. The van der Waals surface area contributed by atoms with Crippen LogP contribution in [0.2, 0.25) is 5.02 Å². The number of hydrogen-bond donors (Lipinski definition) is 1. The molecule has 1 heterocycles. The number of fused-ring (bicyclic) bond motifs is 1. The van der Waals surface area contributed by atoms with Gasteiger partial charge in [0.2, 0.25) is 5.88 Å². The van der Waals surface area contributed by atoms with E-state index < -0.39 is 23.5 Å². The van der Waals surface area contributed by atoms with E-state index in [0.29, 0.717) is 11.3 Å². The van der Waals surface area contributed by atoms with Gasteiger partial charge in [-0.15, -0.1) is 0 Å². The van der Waals surface area contributed by atoms with Crippen LogP contribution in [0, 0.1) is 23.0 Å². The van der Waals surface area contributed by atoms with Gasteiger partial charge in [-0.1, -0.05) is 23.7 Å². The van der Waals surface area contributed by atoms with Crippen LogP contribution >= 0.6 is 11.6 Å². The van der Waals surface area contributed by atoms with Gasteiger partial charge in [0.1, 0.15) is 40.5 Å². The van der Waals surface area contributed by atoms with Crippen molar-refractivity contribution in [1.82, 2.24) is 0 Å². The smallest absolute Gasteiger partial charge is 0.343 e. The van der Waals surface area contributed by atoms with E-state index in [0.717, 1.165) is 12.1 Å². The molecule has 4 rings (SSSR count). The molecule has 0 aliphatic carbocycles. The molecule has 9 heteroatoms. The number of carbonyl (C=O) groups is 1. The van der Waals surface area contributed by atoms with Gasteiger partial charge in [0, 0.05) is 23.3 Å². The molecule has 0 fully saturated rings. The lowest BCUT2D eigenvalue weighted by Crippen LogP contribution is -2.22. The molecule has 1 aliphatic rings. The Morgan fingerprint density at radius 1 is 1.12 bits per heavy atom. The number of esters is 1. The molecule has 1 atom stereocenters. The number of nitrogens with two attached hydrogens (primary N) is 1. The van der Waals surface area contributed by atoms with Gasteiger partial charge >= 0.3 is 5.97 Å². The highest BCUT2D eigenvalue weighted by molar-refractivity contribution is 6.32. The minimum Gasteiger partial charge on any atom is -0.495 e. The van der Waals surface area contributed by atoms with E-state index in [9.17, 15) is 18.8 Å². The average Bonchev–Trinajstić information content (AvgIpc) is 2.78. The highest BCUT2D eigenvalue weighted by atomic mass is 35.5. The van der Waals surface area contributed by atoms with Gasteiger partial charge in [0.05, 0.1) is 23.6 Å². The number of halogens is 3. The molecular weight excluding hydrogens is 454 g/mol. The van der Waals surface area contributed by atoms with Crippen molar-refractivity contribution in [3.8, 4) is 23.3 Å². The maximum absolute atomic E-state index is 14.5. The number of allylic oxidation sites excluding steroid dienone is 1. The average molecular weight is 469 g/mol. The molecule has 0 unspecified atom stereocenters. The third-order valence-corrected chi connectivity index (χ3v) is 5.36. The molecule has 0 bridgehead atoms. The van der Waals surface area contributed by atoms with Crippen LogP contribution in [0.5, 0.6) is 17.2 Å². The molecular formula is C24H15ClF2N2O4. The van der Waals surface area contributed by atoms with E-state index in [2.05, 4.69) is 0 Å². The lowest BCUT2D eigenvalue weighted by molar-refractivity contribution is 0.0734. The van der Waals surface area contributed by atoms with Crippen LogP contribution in [0.15, 0.2) is 66.1 Å². The van der Waals surface area contributed by atoms with Crippen LogP contribution in [0.25, 0.3) is 0 Å². The fourth-order valence-corrected chi connectivity index (χ4v) is 3.77. The standard InChI is InChI=1S/C24H15ClF2N2O4/c1-31-20-7-2-12(8-18(20)25)24(30)32-14-4-6-16-21(10-14)33-23(29)17(11-28)22(16)15-5-3-13(26)9-19(15)27/h2-10,22H,29H2,1H3/t22-/m1/s1. The first-order valence-electron chi connectivity index (χ1n) is 9.54. The topological polar surface area (TPSA) is 94.6 Å². The van der Waals surface area contributed by atoms with E-state index >= 15 is 0 Å². The van der Waals surface area contributed by atoms with E-state index in [1.165, 1.54) is 49.6 Å². The molecule has 0 saturated carbocycles. The van der Waals surface area contributed by atoms with Crippen molar-refractivity contribution in [2.75, 3.05) is 7.11 Å².